The Bertz CT molecular complexity index is 885. The quantitative estimate of drug-likeness (QED) is 0.743. The Morgan fingerprint density at radius 1 is 1.15 bits per heavy atom. The molecule has 8 heteroatoms. The molecule has 3 rings (SSSR count). The Balaban J connectivity index is 1.83. The lowest BCUT2D eigenvalue weighted by atomic mass is 10.2. The van der Waals surface area contributed by atoms with E-state index in [9.17, 15) is 8.42 Å². The van der Waals surface area contributed by atoms with Crippen LogP contribution in [0.25, 0.3) is 0 Å². The number of hydrogen-bond acceptors (Lipinski definition) is 4. The normalized spacial score (nSPS) is 17.1. The molecule has 0 bridgehead atoms. The molecule has 0 aromatic heterocycles. The molecular formula is C18H20Cl2N2O3S. The molecule has 1 aliphatic rings. The van der Waals surface area contributed by atoms with Crippen molar-refractivity contribution < 1.29 is 13.2 Å². The van der Waals surface area contributed by atoms with Gasteiger partial charge in [-0.2, -0.15) is 4.31 Å². The summed E-state index contributed by atoms with van der Waals surface area (Å²) in [6, 6.07) is 12.4. The first kappa shape index (κ1) is 19.3. The zero-order chi connectivity index (χ0) is 18.9. The van der Waals surface area contributed by atoms with E-state index < -0.39 is 10.0 Å². The van der Waals surface area contributed by atoms with Crippen molar-refractivity contribution in [1.82, 2.24) is 4.31 Å². The summed E-state index contributed by atoms with van der Waals surface area (Å²) < 4.78 is 33.1. The van der Waals surface area contributed by atoms with Crippen LogP contribution in [0.5, 0.6) is 5.75 Å². The average Bonchev–Trinajstić information content (AvgIpc) is 2.60. The number of halogens is 2. The van der Waals surface area contributed by atoms with Crippen molar-refractivity contribution in [3.8, 4) is 5.75 Å². The molecule has 0 saturated carbocycles. The third kappa shape index (κ3) is 3.64. The van der Waals surface area contributed by atoms with Crippen LogP contribution in [0, 0.1) is 0 Å². The molecule has 26 heavy (non-hydrogen) atoms. The molecule has 2 aromatic rings. The summed E-state index contributed by atoms with van der Waals surface area (Å²) in [7, 11) is -2.32. The molecule has 0 N–H and O–H groups in total. The zero-order valence-corrected chi connectivity index (χ0v) is 16.9. The standard InChI is InChI=1S/C18H20Cl2N2O3S/c1-3-22-12-13(25-17-10-5-4-9-16(17)22)11-21(2)26(23,24)18-14(19)7-6-8-15(18)20/h4-10,13H,3,11-12H2,1-2H3/t13-/m1/s1. The van der Waals surface area contributed by atoms with Crippen LogP contribution in [0.1, 0.15) is 6.92 Å². The summed E-state index contributed by atoms with van der Waals surface area (Å²) in [5.74, 6) is 0.757. The molecule has 2 aromatic carbocycles. The van der Waals surface area contributed by atoms with Gasteiger partial charge in [-0.05, 0) is 31.2 Å². The molecule has 0 spiro atoms. The summed E-state index contributed by atoms with van der Waals surface area (Å²) >= 11 is 12.2. The summed E-state index contributed by atoms with van der Waals surface area (Å²) in [5, 5.41) is 0.212. The first-order chi connectivity index (χ1) is 12.3. The molecule has 1 atom stereocenters. The average molecular weight is 415 g/mol. The highest BCUT2D eigenvalue weighted by Crippen LogP contribution is 2.34. The lowest BCUT2D eigenvalue weighted by Gasteiger charge is -2.37. The first-order valence-electron chi connectivity index (χ1n) is 8.25. The topological polar surface area (TPSA) is 49.9 Å². The van der Waals surface area contributed by atoms with Crippen LogP contribution in [0.4, 0.5) is 5.69 Å². The number of sulfonamides is 1. The van der Waals surface area contributed by atoms with Gasteiger partial charge in [-0.1, -0.05) is 41.4 Å². The second-order valence-electron chi connectivity index (χ2n) is 6.08. The molecule has 0 saturated heterocycles. The Morgan fingerprint density at radius 2 is 1.81 bits per heavy atom. The van der Waals surface area contributed by atoms with Crippen molar-refractivity contribution in [1.29, 1.82) is 0 Å². The van der Waals surface area contributed by atoms with E-state index in [1.807, 2.05) is 24.3 Å². The second-order valence-corrected chi connectivity index (χ2v) is 8.88. The van der Waals surface area contributed by atoms with Crippen LogP contribution in [-0.2, 0) is 10.0 Å². The van der Waals surface area contributed by atoms with Crippen molar-refractivity contribution in [2.45, 2.75) is 17.9 Å². The fourth-order valence-corrected chi connectivity index (χ4v) is 5.33. The maximum Gasteiger partial charge on any atom is 0.245 e. The highest BCUT2D eigenvalue weighted by molar-refractivity contribution is 7.89. The van der Waals surface area contributed by atoms with E-state index in [4.69, 9.17) is 27.9 Å². The number of para-hydroxylation sites is 2. The van der Waals surface area contributed by atoms with E-state index in [2.05, 4.69) is 11.8 Å². The van der Waals surface area contributed by atoms with Gasteiger partial charge in [0.25, 0.3) is 0 Å². The van der Waals surface area contributed by atoms with Gasteiger partial charge in [0.05, 0.1) is 28.8 Å². The van der Waals surface area contributed by atoms with Gasteiger partial charge in [0, 0.05) is 13.6 Å². The molecule has 1 heterocycles. The number of benzene rings is 2. The van der Waals surface area contributed by atoms with Gasteiger partial charge in [0.15, 0.2) is 0 Å². The summed E-state index contributed by atoms with van der Waals surface area (Å²) in [6.07, 6.45) is -0.300. The lowest BCUT2D eigenvalue weighted by Crippen LogP contribution is -2.46. The second kappa shape index (κ2) is 7.64. The van der Waals surface area contributed by atoms with Crippen molar-refractivity contribution in [2.75, 3.05) is 31.6 Å². The number of anilines is 1. The van der Waals surface area contributed by atoms with E-state index in [1.165, 1.54) is 23.5 Å². The van der Waals surface area contributed by atoms with Gasteiger partial charge < -0.3 is 9.64 Å². The van der Waals surface area contributed by atoms with Crippen LogP contribution in [0.15, 0.2) is 47.4 Å². The van der Waals surface area contributed by atoms with Crippen molar-refractivity contribution in [2.24, 2.45) is 0 Å². The third-order valence-corrected chi connectivity index (χ3v) is 7.13. The minimum atomic E-state index is -3.83. The molecule has 0 fully saturated rings. The van der Waals surface area contributed by atoms with Gasteiger partial charge in [-0.15, -0.1) is 0 Å². The fourth-order valence-electron chi connectivity index (χ4n) is 3.04. The monoisotopic (exact) mass is 414 g/mol. The smallest absolute Gasteiger partial charge is 0.245 e. The van der Waals surface area contributed by atoms with E-state index in [0.29, 0.717) is 6.54 Å². The fraction of sp³-hybridized carbons (Fsp3) is 0.333. The molecule has 1 aliphatic heterocycles. The van der Waals surface area contributed by atoms with Crippen LogP contribution in [-0.4, -0.2) is 45.5 Å². The number of hydrogen-bond donors (Lipinski definition) is 0. The van der Waals surface area contributed by atoms with Crippen LogP contribution >= 0.6 is 23.2 Å². The van der Waals surface area contributed by atoms with Gasteiger partial charge >= 0.3 is 0 Å². The lowest BCUT2D eigenvalue weighted by molar-refractivity contribution is 0.171. The predicted molar refractivity (Wildman–Crippen MR) is 105 cm³/mol. The van der Waals surface area contributed by atoms with Gasteiger partial charge in [-0.25, -0.2) is 8.42 Å². The maximum absolute atomic E-state index is 12.9. The summed E-state index contributed by atoms with van der Waals surface area (Å²) in [5.41, 5.74) is 1.02. The maximum atomic E-state index is 12.9. The largest absolute Gasteiger partial charge is 0.485 e. The predicted octanol–water partition coefficient (Wildman–Crippen LogP) is 3.90. The minimum absolute atomic E-state index is 0.0746. The molecule has 0 radical (unpaired) electrons. The van der Waals surface area contributed by atoms with Crippen molar-refractivity contribution in [3.63, 3.8) is 0 Å². The highest BCUT2D eigenvalue weighted by Gasteiger charge is 2.31. The highest BCUT2D eigenvalue weighted by atomic mass is 35.5. The first-order valence-corrected chi connectivity index (χ1v) is 10.4. The summed E-state index contributed by atoms with van der Waals surface area (Å²) in [6.45, 7) is 3.66. The third-order valence-electron chi connectivity index (χ3n) is 4.35. The van der Waals surface area contributed by atoms with E-state index in [0.717, 1.165) is 18.0 Å². The molecule has 140 valence electrons. The van der Waals surface area contributed by atoms with Gasteiger partial charge in [-0.3, -0.25) is 0 Å². The number of likely N-dealkylation sites (N-methyl/N-ethyl adjacent to an activating group) is 2. The number of fused-ring (bicyclic) bond motifs is 1. The van der Waals surface area contributed by atoms with Crippen LogP contribution in [0.2, 0.25) is 10.0 Å². The number of ether oxygens (including phenoxy) is 1. The van der Waals surface area contributed by atoms with Gasteiger partial charge in [0.2, 0.25) is 10.0 Å². The Kier molecular flexibility index (Phi) is 5.67. The van der Waals surface area contributed by atoms with Crippen molar-refractivity contribution >= 4 is 38.9 Å². The molecule has 0 unspecified atom stereocenters. The molecule has 5 nitrogen and oxygen atoms in total. The number of nitrogens with zero attached hydrogens (tertiary/aromatic N) is 2. The summed E-state index contributed by atoms with van der Waals surface area (Å²) in [4.78, 5) is 2.10. The molecular weight excluding hydrogens is 395 g/mol. The van der Waals surface area contributed by atoms with Crippen LogP contribution in [0.3, 0.4) is 0 Å². The SMILES string of the molecule is CCN1C[C@@H](CN(C)S(=O)(=O)c2c(Cl)cccc2Cl)Oc2ccccc21. The van der Waals surface area contributed by atoms with Gasteiger partial charge in [0.1, 0.15) is 16.7 Å². The molecule has 0 aliphatic carbocycles. The Hall–Kier alpha value is -1.47. The Morgan fingerprint density at radius 3 is 2.46 bits per heavy atom. The zero-order valence-electron chi connectivity index (χ0n) is 14.5. The van der Waals surface area contributed by atoms with Crippen molar-refractivity contribution in [3.05, 3.63) is 52.5 Å². The molecule has 0 amide bonds. The minimum Gasteiger partial charge on any atom is -0.485 e. The van der Waals surface area contributed by atoms with Crippen LogP contribution < -0.4 is 9.64 Å². The number of rotatable bonds is 5. The van der Waals surface area contributed by atoms with E-state index >= 15 is 0 Å². The Labute approximate surface area is 164 Å². The van der Waals surface area contributed by atoms with E-state index in [-0.39, 0.29) is 27.6 Å². The van der Waals surface area contributed by atoms with E-state index in [1.54, 1.807) is 6.07 Å².